The highest BCUT2D eigenvalue weighted by Crippen LogP contribution is 2.29. The molecule has 4 rings (SSSR count). The average Bonchev–Trinajstić information content (AvgIpc) is 3.02. The maximum atomic E-state index is 13.2. The first-order valence-electron chi connectivity index (χ1n) is 9.75. The van der Waals surface area contributed by atoms with Crippen molar-refractivity contribution in [3.63, 3.8) is 0 Å². The standard InChI is InChI=1S/C25H23N3O2/c1-15-7-10-18(11-8-15)24(29)23-22(26)21(20-6-4-5-13-28(20)23)25(30)27-19-12-9-16(2)17(3)14-19/h4-14H,26H2,1-3H3,(H,27,30). The number of aryl methyl sites for hydroxylation is 3. The normalized spacial score (nSPS) is 10.9. The van der Waals surface area contributed by atoms with Gasteiger partial charge in [0.1, 0.15) is 5.69 Å². The number of aromatic nitrogens is 1. The lowest BCUT2D eigenvalue weighted by molar-refractivity contribution is 0.102. The molecule has 0 fully saturated rings. The molecule has 0 saturated carbocycles. The van der Waals surface area contributed by atoms with Gasteiger partial charge in [0.2, 0.25) is 5.78 Å². The molecule has 4 aromatic rings. The van der Waals surface area contributed by atoms with Crippen LogP contribution in [0.3, 0.4) is 0 Å². The number of nitrogens with two attached hydrogens (primary N) is 1. The van der Waals surface area contributed by atoms with Crippen molar-refractivity contribution in [2.24, 2.45) is 0 Å². The molecule has 30 heavy (non-hydrogen) atoms. The molecule has 0 atom stereocenters. The summed E-state index contributed by atoms with van der Waals surface area (Å²) in [6.45, 7) is 5.97. The van der Waals surface area contributed by atoms with Crippen molar-refractivity contribution in [3.8, 4) is 0 Å². The molecule has 0 radical (unpaired) electrons. The fourth-order valence-corrected chi connectivity index (χ4v) is 3.55. The summed E-state index contributed by atoms with van der Waals surface area (Å²) in [6, 6.07) is 18.5. The first-order valence-corrected chi connectivity index (χ1v) is 9.75. The minimum Gasteiger partial charge on any atom is -0.396 e. The number of hydrogen-bond acceptors (Lipinski definition) is 3. The quantitative estimate of drug-likeness (QED) is 0.479. The van der Waals surface area contributed by atoms with Gasteiger partial charge in [-0.1, -0.05) is 42.0 Å². The first kappa shape index (κ1) is 19.5. The number of fused-ring (bicyclic) bond motifs is 1. The van der Waals surface area contributed by atoms with Crippen LogP contribution >= 0.6 is 0 Å². The number of nitrogens with zero attached hydrogens (tertiary/aromatic N) is 1. The summed E-state index contributed by atoms with van der Waals surface area (Å²) in [7, 11) is 0. The zero-order valence-electron chi connectivity index (χ0n) is 17.2. The van der Waals surface area contributed by atoms with Crippen molar-refractivity contribution in [1.82, 2.24) is 4.40 Å². The molecule has 0 unspecified atom stereocenters. The number of pyridine rings is 1. The predicted octanol–water partition coefficient (Wildman–Crippen LogP) is 4.93. The van der Waals surface area contributed by atoms with Crippen molar-refractivity contribution >= 4 is 28.6 Å². The summed E-state index contributed by atoms with van der Waals surface area (Å²) in [4.78, 5) is 26.4. The summed E-state index contributed by atoms with van der Waals surface area (Å²) in [5, 5.41) is 2.92. The SMILES string of the molecule is Cc1ccc(C(=O)c2c(N)c(C(=O)Nc3ccc(C)c(C)c3)c3ccccn23)cc1. The minimum absolute atomic E-state index is 0.174. The second-order valence-electron chi connectivity index (χ2n) is 7.54. The molecule has 150 valence electrons. The number of amides is 1. The van der Waals surface area contributed by atoms with Gasteiger partial charge in [0.15, 0.2) is 0 Å². The van der Waals surface area contributed by atoms with Crippen LogP contribution in [0.1, 0.15) is 43.1 Å². The fourth-order valence-electron chi connectivity index (χ4n) is 3.55. The van der Waals surface area contributed by atoms with Crippen LogP contribution in [0.4, 0.5) is 11.4 Å². The summed E-state index contributed by atoms with van der Waals surface area (Å²) in [5.74, 6) is -0.568. The minimum atomic E-state index is -0.345. The number of anilines is 2. The van der Waals surface area contributed by atoms with Crippen molar-refractivity contribution in [1.29, 1.82) is 0 Å². The van der Waals surface area contributed by atoms with Gasteiger partial charge in [0, 0.05) is 17.4 Å². The number of nitrogens with one attached hydrogen (secondary N) is 1. The van der Waals surface area contributed by atoms with Crippen LogP contribution in [0.25, 0.3) is 5.52 Å². The highest BCUT2D eigenvalue weighted by Gasteiger charge is 2.26. The average molecular weight is 397 g/mol. The molecule has 1 amide bonds. The number of nitrogen functional groups attached to an aromatic ring is 1. The summed E-state index contributed by atoms with van der Waals surface area (Å²) in [5.41, 5.74) is 12.2. The molecule has 0 aliphatic rings. The highest BCUT2D eigenvalue weighted by atomic mass is 16.2. The van der Waals surface area contributed by atoms with Gasteiger partial charge in [-0.2, -0.15) is 0 Å². The maximum absolute atomic E-state index is 13.2. The van der Waals surface area contributed by atoms with Crippen molar-refractivity contribution < 1.29 is 9.59 Å². The van der Waals surface area contributed by atoms with E-state index in [1.807, 2.05) is 63.2 Å². The van der Waals surface area contributed by atoms with E-state index in [9.17, 15) is 9.59 Å². The Kier molecular flexibility index (Phi) is 4.88. The number of carbonyl (C=O) groups excluding carboxylic acids is 2. The molecule has 0 saturated heterocycles. The Hall–Kier alpha value is -3.86. The molecule has 2 aromatic carbocycles. The van der Waals surface area contributed by atoms with Gasteiger partial charge < -0.3 is 15.5 Å². The van der Waals surface area contributed by atoms with E-state index in [2.05, 4.69) is 5.32 Å². The molecule has 0 spiro atoms. The Morgan fingerprint density at radius 3 is 2.33 bits per heavy atom. The maximum Gasteiger partial charge on any atom is 0.259 e. The van der Waals surface area contributed by atoms with Gasteiger partial charge in [-0.3, -0.25) is 9.59 Å². The van der Waals surface area contributed by atoms with E-state index in [1.54, 1.807) is 28.8 Å². The number of carbonyl (C=O) groups is 2. The molecule has 0 aliphatic heterocycles. The molecular weight excluding hydrogens is 374 g/mol. The molecule has 5 heteroatoms. The first-order chi connectivity index (χ1) is 14.4. The number of rotatable bonds is 4. The Labute approximate surface area is 175 Å². The van der Waals surface area contributed by atoms with E-state index in [0.29, 0.717) is 28.0 Å². The summed E-state index contributed by atoms with van der Waals surface area (Å²) in [6.07, 6.45) is 1.75. The summed E-state index contributed by atoms with van der Waals surface area (Å²) >= 11 is 0. The third-order valence-corrected chi connectivity index (χ3v) is 5.40. The van der Waals surface area contributed by atoms with Crippen molar-refractivity contribution in [2.45, 2.75) is 20.8 Å². The van der Waals surface area contributed by atoms with Crippen LogP contribution in [0.5, 0.6) is 0 Å². The second-order valence-corrected chi connectivity index (χ2v) is 7.54. The molecule has 3 N–H and O–H groups in total. The van der Waals surface area contributed by atoms with Crippen molar-refractivity contribution in [3.05, 3.63) is 100 Å². The van der Waals surface area contributed by atoms with E-state index in [1.165, 1.54) is 0 Å². The Morgan fingerprint density at radius 1 is 0.900 bits per heavy atom. The van der Waals surface area contributed by atoms with Crippen LogP contribution in [-0.4, -0.2) is 16.1 Å². The molecule has 0 bridgehead atoms. The lowest BCUT2D eigenvalue weighted by Gasteiger charge is -2.08. The largest absolute Gasteiger partial charge is 0.396 e. The van der Waals surface area contributed by atoms with Gasteiger partial charge >= 0.3 is 0 Å². The third kappa shape index (κ3) is 3.35. The van der Waals surface area contributed by atoms with E-state index in [0.717, 1.165) is 16.7 Å². The van der Waals surface area contributed by atoms with Crippen LogP contribution in [0, 0.1) is 20.8 Å². The Bertz CT molecular complexity index is 1280. The van der Waals surface area contributed by atoms with E-state index < -0.39 is 0 Å². The van der Waals surface area contributed by atoms with Gasteiger partial charge in [-0.25, -0.2) is 0 Å². The van der Waals surface area contributed by atoms with Gasteiger partial charge in [-0.05, 0) is 56.2 Å². The Morgan fingerprint density at radius 2 is 1.63 bits per heavy atom. The third-order valence-electron chi connectivity index (χ3n) is 5.40. The van der Waals surface area contributed by atoms with E-state index in [-0.39, 0.29) is 17.4 Å². The smallest absolute Gasteiger partial charge is 0.259 e. The Balaban J connectivity index is 1.80. The van der Waals surface area contributed by atoms with Gasteiger partial charge in [-0.15, -0.1) is 0 Å². The lowest BCUT2D eigenvalue weighted by Crippen LogP contribution is -2.14. The van der Waals surface area contributed by atoms with Crippen molar-refractivity contribution in [2.75, 3.05) is 11.1 Å². The van der Waals surface area contributed by atoms with Gasteiger partial charge in [0.25, 0.3) is 5.91 Å². The highest BCUT2D eigenvalue weighted by molar-refractivity contribution is 6.20. The van der Waals surface area contributed by atoms with Crippen LogP contribution in [0.15, 0.2) is 66.9 Å². The zero-order chi connectivity index (χ0) is 21.4. The number of ketones is 1. The van der Waals surface area contributed by atoms with E-state index in [4.69, 9.17) is 5.73 Å². The summed E-state index contributed by atoms with van der Waals surface area (Å²) < 4.78 is 1.69. The fraction of sp³-hybridized carbons (Fsp3) is 0.120. The number of hydrogen-bond donors (Lipinski definition) is 2. The predicted molar refractivity (Wildman–Crippen MR) is 120 cm³/mol. The molecule has 0 aliphatic carbocycles. The second kappa shape index (κ2) is 7.52. The van der Waals surface area contributed by atoms with Crippen LogP contribution < -0.4 is 11.1 Å². The lowest BCUT2D eigenvalue weighted by atomic mass is 10.0. The van der Waals surface area contributed by atoms with Crippen LogP contribution in [0.2, 0.25) is 0 Å². The molecule has 5 nitrogen and oxygen atoms in total. The van der Waals surface area contributed by atoms with Gasteiger partial charge in [0.05, 0.1) is 16.8 Å². The van der Waals surface area contributed by atoms with E-state index >= 15 is 0 Å². The zero-order valence-corrected chi connectivity index (χ0v) is 17.2. The molecule has 2 heterocycles. The number of benzene rings is 2. The topological polar surface area (TPSA) is 76.6 Å². The van der Waals surface area contributed by atoms with Crippen LogP contribution in [-0.2, 0) is 0 Å². The molecular formula is C25H23N3O2. The monoisotopic (exact) mass is 397 g/mol. The molecule has 2 aromatic heterocycles.